The van der Waals surface area contributed by atoms with Crippen molar-refractivity contribution in [1.82, 2.24) is 15.1 Å². The van der Waals surface area contributed by atoms with E-state index in [2.05, 4.69) is 24.1 Å². The molecule has 1 unspecified atom stereocenters. The number of piperazine rings is 1. The second kappa shape index (κ2) is 10.8. The zero-order chi connectivity index (χ0) is 22.4. The van der Waals surface area contributed by atoms with Crippen molar-refractivity contribution in [3.8, 4) is 11.5 Å². The molecule has 2 amide bonds. The van der Waals surface area contributed by atoms with E-state index in [-0.39, 0.29) is 17.9 Å². The van der Waals surface area contributed by atoms with E-state index in [9.17, 15) is 9.59 Å². The molecule has 1 aromatic rings. The van der Waals surface area contributed by atoms with Crippen LogP contribution >= 0.6 is 0 Å². The Hall–Kier alpha value is -2.28. The van der Waals surface area contributed by atoms with Gasteiger partial charge in [-0.15, -0.1) is 0 Å². The van der Waals surface area contributed by atoms with Crippen LogP contribution in [0.1, 0.15) is 49.9 Å². The Bertz CT molecular complexity index is 731. The fourth-order valence-electron chi connectivity index (χ4n) is 4.68. The minimum absolute atomic E-state index is 0.0291. The van der Waals surface area contributed by atoms with Crippen LogP contribution in [0.5, 0.6) is 11.5 Å². The smallest absolute Gasteiger partial charge is 0.254 e. The summed E-state index contributed by atoms with van der Waals surface area (Å²) in [6, 6.07) is 5.17. The highest BCUT2D eigenvalue weighted by atomic mass is 16.5. The highest BCUT2D eigenvalue weighted by Gasteiger charge is 2.37. The van der Waals surface area contributed by atoms with Gasteiger partial charge in [-0.25, -0.2) is 0 Å². The monoisotopic (exact) mass is 431 g/mol. The van der Waals surface area contributed by atoms with Gasteiger partial charge in [-0.1, -0.05) is 26.7 Å². The highest BCUT2D eigenvalue weighted by Crippen LogP contribution is 2.31. The van der Waals surface area contributed by atoms with E-state index in [1.54, 1.807) is 32.4 Å². The molecule has 0 radical (unpaired) electrons. The first kappa shape index (κ1) is 23.4. The molecule has 0 aromatic heterocycles. The van der Waals surface area contributed by atoms with Gasteiger partial charge < -0.3 is 19.7 Å². The molecule has 1 aliphatic carbocycles. The summed E-state index contributed by atoms with van der Waals surface area (Å²) in [5.74, 6) is 2.17. The Balaban J connectivity index is 1.66. The Morgan fingerprint density at radius 2 is 1.58 bits per heavy atom. The summed E-state index contributed by atoms with van der Waals surface area (Å²) in [5, 5.41) is 3.15. The number of nitrogens with zero attached hydrogens (tertiary/aromatic N) is 2. The van der Waals surface area contributed by atoms with Gasteiger partial charge in [-0.3, -0.25) is 14.5 Å². The van der Waals surface area contributed by atoms with Crippen molar-refractivity contribution in [2.45, 2.75) is 45.6 Å². The summed E-state index contributed by atoms with van der Waals surface area (Å²) < 4.78 is 10.6. The van der Waals surface area contributed by atoms with Gasteiger partial charge in [0, 0.05) is 44.4 Å². The van der Waals surface area contributed by atoms with E-state index in [4.69, 9.17) is 9.47 Å². The molecule has 1 heterocycles. The van der Waals surface area contributed by atoms with E-state index in [0.717, 1.165) is 12.8 Å². The third-order valence-corrected chi connectivity index (χ3v) is 6.39. The first-order chi connectivity index (χ1) is 14.9. The average molecular weight is 432 g/mol. The van der Waals surface area contributed by atoms with Gasteiger partial charge >= 0.3 is 0 Å². The summed E-state index contributed by atoms with van der Waals surface area (Å²) >= 11 is 0. The molecule has 3 rings (SSSR count). The fourth-order valence-corrected chi connectivity index (χ4v) is 4.68. The number of carbonyl (C=O) groups excluding carboxylic acids is 2. The molecule has 1 saturated carbocycles. The number of hydrogen-bond acceptors (Lipinski definition) is 5. The Morgan fingerprint density at radius 1 is 1.00 bits per heavy atom. The summed E-state index contributed by atoms with van der Waals surface area (Å²) in [7, 11) is 3.16. The predicted molar refractivity (Wildman–Crippen MR) is 121 cm³/mol. The summed E-state index contributed by atoms with van der Waals surface area (Å²) in [6.45, 7) is 7.58. The van der Waals surface area contributed by atoms with E-state index in [1.807, 2.05) is 4.90 Å². The number of ether oxygens (including phenoxy) is 2. The number of methoxy groups -OCH3 is 2. The Kier molecular flexibility index (Phi) is 8.18. The van der Waals surface area contributed by atoms with Crippen molar-refractivity contribution in [1.29, 1.82) is 0 Å². The molecule has 1 saturated heterocycles. The summed E-state index contributed by atoms with van der Waals surface area (Å²) in [5.41, 5.74) is 0.562. The van der Waals surface area contributed by atoms with Gasteiger partial charge in [0.05, 0.1) is 20.3 Å². The third kappa shape index (κ3) is 5.91. The molecule has 1 atom stereocenters. The van der Waals surface area contributed by atoms with Crippen molar-refractivity contribution in [3.05, 3.63) is 23.8 Å². The summed E-state index contributed by atoms with van der Waals surface area (Å²) in [6.07, 6.45) is 4.63. The first-order valence-corrected chi connectivity index (χ1v) is 11.5. The predicted octanol–water partition coefficient (Wildman–Crippen LogP) is 2.79. The minimum atomic E-state index is -0.0876. The zero-order valence-corrected chi connectivity index (χ0v) is 19.4. The highest BCUT2D eigenvalue weighted by molar-refractivity contribution is 5.95. The molecule has 2 fully saturated rings. The van der Waals surface area contributed by atoms with Crippen LogP contribution in [-0.4, -0.2) is 74.6 Å². The Labute approximate surface area is 186 Å². The van der Waals surface area contributed by atoms with Gasteiger partial charge in [0.1, 0.15) is 11.5 Å². The van der Waals surface area contributed by atoms with Gasteiger partial charge in [0.25, 0.3) is 5.91 Å². The topological polar surface area (TPSA) is 71.1 Å². The van der Waals surface area contributed by atoms with E-state index in [1.165, 1.54) is 12.8 Å². The first-order valence-electron chi connectivity index (χ1n) is 11.5. The summed E-state index contributed by atoms with van der Waals surface area (Å²) in [4.78, 5) is 30.3. The molecule has 7 nitrogen and oxygen atoms in total. The molecule has 1 N–H and O–H groups in total. The molecule has 2 aliphatic rings. The van der Waals surface area contributed by atoms with Crippen molar-refractivity contribution >= 4 is 11.8 Å². The Morgan fingerprint density at radius 3 is 2.10 bits per heavy atom. The molecule has 1 aromatic carbocycles. The molecule has 172 valence electrons. The van der Waals surface area contributed by atoms with E-state index >= 15 is 0 Å². The number of carbonyl (C=O) groups is 2. The molecule has 7 heteroatoms. The van der Waals surface area contributed by atoms with Gasteiger partial charge in [0.2, 0.25) is 5.91 Å². The van der Waals surface area contributed by atoms with Crippen LogP contribution in [-0.2, 0) is 4.79 Å². The number of benzene rings is 1. The van der Waals surface area contributed by atoms with Crippen LogP contribution in [0, 0.1) is 11.8 Å². The normalized spacial score (nSPS) is 18.8. The second-order valence-electron chi connectivity index (χ2n) is 9.06. The quantitative estimate of drug-likeness (QED) is 0.685. The fraction of sp³-hybridized carbons (Fsp3) is 0.667. The van der Waals surface area contributed by atoms with Crippen molar-refractivity contribution in [3.63, 3.8) is 0 Å². The van der Waals surface area contributed by atoms with Crippen molar-refractivity contribution < 1.29 is 19.1 Å². The largest absolute Gasteiger partial charge is 0.497 e. The van der Waals surface area contributed by atoms with Crippen LogP contribution < -0.4 is 14.8 Å². The zero-order valence-electron chi connectivity index (χ0n) is 19.4. The molecule has 0 spiro atoms. The molecule has 31 heavy (non-hydrogen) atoms. The number of hydrogen-bond donors (Lipinski definition) is 1. The maximum absolute atomic E-state index is 13.1. The lowest BCUT2D eigenvalue weighted by atomic mass is 9.94. The van der Waals surface area contributed by atoms with Crippen LogP contribution in [0.25, 0.3) is 0 Å². The van der Waals surface area contributed by atoms with Crippen LogP contribution in [0.4, 0.5) is 0 Å². The molecule has 1 aliphatic heterocycles. The lowest BCUT2D eigenvalue weighted by molar-refractivity contribution is -0.129. The number of rotatable bonds is 8. The van der Waals surface area contributed by atoms with Gasteiger partial charge in [0.15, 0.2) is 0 Å². The number of nitrogens with one attached hydrogen (secondary N) is 1. The number of amides is 2. The lowest BCUT2D eigenvalue weighted by Gasteiger charge is -2.41. The molecule has 0 bridgehead atoms. The van der Waals surface area contributed by atoms with Crippen molar-refractivity contribution in [2.24, 2.45) is 11.8 Å². The maximum atomic E-state index is 13.1. The second-order valence-corrected chi connectivity index (χ2v) is 9.06. The SMILES string of the molecule is COc1cc(OC)cc(C(=O)N2CCN(C(C(=O)NCC(C)C)C3CCCC3)CC2)c1. The van der Waals surface area contributed by atoms with Crippen LogP contribution in [0.3, 0.4) is 0 Å². The van der Waals surface area contributed by atoms with Crippen LogP contribution in [0.2, 0.25) is 0 Å². The average Bonchev–Trinajstić information content (AvgIpc) is 3.31. The lowest BCUT2D eigenvalue weighted by Crippen LogP contribution is -2.58. The van der Waals surface area contributed by atoms with E-state index < -0.39 is 0 Å². The van der Waals surface area contributed by atoms with E-state index in [0.29, 0.717) is 61.6 Å². The van der Waals surface area contributed by atoms with Gasteiger partial charge in [-0.2, -0.15) is 0 Å². The maximum Gasteiger partial charge on any atom is 0.254 e. The standard InChI is InChI=1S/C24H37N3O4/c1-17(2)16-25-23(28)22(18-7-5-6-8-18)26-9-11-27(12-10-26)24(29)19-13-20(30-3)15-21(14-19)31-4/h13-15,17-18,22H,5-12,16H2,1-4H3,(H,25,28). The van der Waals surface area contributed by atoms with Crippen molar-refractivity contribution in [2.75, 3.05) is 46.9 Å². The molecular formula is C24H37N3O4. The van der Waals surface area contributed by atoms with Gasteiger partial charge in [-0.05, 0) is 36.8 Å². The van der Waals surface area contributed by atoms with Crippen LogP contribution in [0.15, 0.2) is 18.2 Å². The minimum Gasteiger partial charge on any atom is -0.497 e. The molecular weight excluding hydrogens is 394 g/mol. The third-order valence-electron chi connectivity index (χ3n) is 6.39.